The van der Waals surface area contributed by atoms with Gasteiger partial charge in [-0.1, -0.05) is 18.5 Å². The van der Waals surface area contributed by atoms with Crippen molar-refractivity contribution in [3.63, 3.8) is 0 Å². The summed E-state index contributed by atoms with van der Waals surface area (Å²) in [4.78, 5) is 1.08. The minimum atomic E-state index is -0.0142. The molecular weight excluding hydrogens is 374 g/mol. The van der Waals surface area contributed by atoms with E-state index in [1.165, 1.54) is 0 Å². The molecule has 1 atom stereocenters. The predicted octanol–water partition coefficient (Wildman–Crippen LogP) is 4.88. The van der Waals surface area contributed by atoms with Gasteiger partial charge in [-0.25, -0.2) is 0 Å². The zero-order valence-electron chi connectivity index (χ0n) is 12.1. The van der Waals surface area contributed by atoms with Crippen molar-refractivity contribution in [1.82, 2.24) is 5.32 Å². The van der Waals surface area contributed by atoms with Crippen molar-refractivity contribution in [3.05, 3.63) is 43.5 Å². The van der Waals surface area contributed by atoms with Crippen LogP contribution in [0.25, 0.3) is 0 Å². The van der Waals surface area contributed by atoms with E-state index in [0.29, 0.717) is 0 Å². The van der Waals surface area contributed by atoms with Gasteiger partial charge in [0.1, 0.15) is 16.0 Å². The van der Waals surface area contributed by atoms with E-state index in [1.54, 1.807) is 25.6 Å². The van der Waals surface area contributed by atoms with Gasteiger partial charge in [-0.3, -0.25) is 0 Å². The lowest BCUT2D eigenvalue weighted by Gasteiger charge is -2.22. The van der Waals surface area contributed by atoms with Crippen molar-refractivity contribution in [1.29, 1.82) is 0 Å². The number of rotatable bonds is 6. The van der Waals surface area contributed by atoms with E-state index in [9.17, 15) is 0 Å². The third kappa shape index (κ3) is 3.37. The highest BCUT2D eigenvalue weighted by atomic mass is 79.9. The molecule has 3 nitrogen and oxygen atoms in total. The maximum Gasteiger partial charge on any atom is 0.141 e. The summed E-state index contributed by atoms with van der Waals surface area (Å²) in [6.45, 7) is 2.89. The number of benzene rings is 1. The lowest BCUT2D eigenvalue weighted by molar-refractivity contribution is 0.383. The van der Waals surface area contributed by atoms with Gasteiger partial charge in [0.15, 0.2) is 0 Å². The number of hydrogen-bond donors (Lipinski definition) is 1. The molecule has 114 valence electrons. The monoisotopic (exact) mass is 389 g/mol. The Hall–Kier alpha value is -0.750. The average Bonchev–Trinajstić information content (AvgIpc) is 2.90. The molecule has 21 heavy (non-hydrogen) atoms. The molecule has 2 rings (SSSR count). The van der Waals surface area contributed by atoms with Gasteiger partial charge in [0, 0.05) is 10.4 Å². The van der Waals surface area contributed by atoms with E-state index in [4.69, 9.17) is 21.1 Å². The van der Waals surface area contributed by atoms with Crippen molar-refractivity contribution < 1.29 is 9.47 Å². The molecule has 0 radical (unpaired) electrons. The van der Waals surface area contributed by atoms with Crippen LogP contribution in [0.4, 0.5) is 0 Å². The van der Waals surface area contributed by atoms with Crippen molar-refractivity contribution in [3.8, 4) is 11.5 Å². The second kappa shape index (κ2) is 7.49. The minimum absolute atomic E-state index is 0.0142. The number of hydrogen-bond acceptors (Lipinski definition) is 4. The fourth-order valence-corrected chi connectivity index (χ4v) is 4.15. The molecule has 6 heteroatoms. The molecule has 0 saturated carbocycles. The number of thiophene rings is 1. The largest absolute Gasteiger partial charge is 0.495 e. The van der Waals surface area contributed by atoms with E-state index in [0.717, 1.165) is 38.0 Å². The van der Waals surface area contributed by atoms with E-state index >= 15 is 0 Å². The molecule has 1 heterocycles. The molecule has 1 N–H and O–H groups in total. The smallest absolute Gasteiger partial charge is 0.141 e. The summed E-state index contributed by atoms with van der Waals surface area (Å²) in [5.74, 6) is 1.49. The lowest BCUT2D eigenvalue weighted by Crippen LogP contribution is -2.22. The summed E-state index contributed by atoms with van der Waals surface area (Å²) < 4.78 is 11.7. The van der Waals surface area contributed by atoms with Crippen LogP contribution in [0.3, 0.4) is 0 Å². The van der Waals surface area contributed by atoms with Gasteiger partial charge in [0.05, 0.1) is 25.3 Å². The van der Waals surface area contributed by atoms with Gasteiger partial charge < -0.3 is 14.8 Å². The maximum atomic E-state index is 6.31. The molecular formula is C15H17BrClNO2S. The van der Waals surface area contributed by atoms with E-state index < -0.39 is 0 Å². The fourth-order valence-electron chi connectivity index (χ4n) is 2.20. The number of ether oxygens (including phenoxy) is 2. The Kier molecular flexibility index (Phi) is 5.93. The van der Waals surface area contributed by atoms with Crippen LogP contribution in [0.5, 0.6) is 11.5 Å². The van der Waals surface area contributed by atoms with Crippen molar-refractivity contribution in [2.45, 2.75) is 13.0 Å². The molecule has 0 aliphatic rings. The zero-order chi connectivity index (χ0) is 15.4. The van der Waals surface area contributed by atoms with Crippen LogP contribution in [-0.4, -0.2) is 20.8 Å². The quantitative estimate of drug-likeness (QED) is 0.762. The molecule has 0 fully saturated rings. The molecule has 0 bridgehead atoms. The first kappa shape index (κ1) is 16.6. The van der Waals surface area contributed by atoms with E-state index in [1.807, 2.05) is 23.6 Å². The van der Waals surface area contributed by atoms with Crippen LogP contribution in [0.1, 0.15) is 23.4 Å². The summed E-state index contributed by atoms with van der Waals surface area (Å²) in [6.07, 6.45) is 0. The second-order valence-electron chi connectivity index (χ2n) is 4.33. The molecule has 1 aromatic carbocycles. The molecule has 2 aromatic rings. The van der Waals surface area contributed by atoms with Crippen molar-refractivity contribution >= 4 is 38.9 Å². The van der Waals surface area contributed by atoms with Crippen molar-refractivity contribution in [2.75, 3.05) is 20.8 Å². The fraction of sp³-hybridized carbons (Fsp3) is 0.333. The molecule has 0 spiro atoms. The van der Waals surface area contributed by atoms with Crippen LogP contribution in [0.15, 0.2) is 28.1 Å². The normalized spacial score (nSPS) is 12.2. The third-order valence-corrected chi connectivity index (χ3v) is 5.32. The van der Waals surface area contributed by atoms with Crippen LogP contribution in [0.2, 0.25) is 5.02 Å². The summed E-state index contributed by atoms with van der Waals surface area (Å²) in [5, 5.41) is 6.22. The van der Waals surface area contributed by atoms with Crippen molar-refractivity contribution in [2.24, 2.45) is 0 Å². The van der Waals surface area contributed by atoms with Crippen LogP contribution in [-0.2, 0) is 0 Å². The maximum absolute atomic E-state index is 6.31. The molecule has 0 saturated heterocycles. The van der Waals surface area contributed by atoms with Gasteiger partial charge in [0.2, 0.25) is 0 Å². The van der Waals surface area contributed by atoms with Crippen LogP contribution in [0, 0.1) is 0 Å². The highest BCUT2D eigenvalue weighted by Crippen LogP contribution is 2.43. The predicted molar refractivity (Wildman–Crippen MR) is 92.1 cm³/mol. The Labute approximate surface area is 142 Å². The second-order valence-corrected chi connectivity index (χ2v) is 6.48. The molecule has 0 amide bonds. The van der Waals surface area contributed by atoms with Gasteiger partial charge in [-0.2, -0.15) is 0 Å². The Morgan fingerprint density at radius 1 is 1.29 bits per heavy atom. The zero-order valence-corrected chi connectivity index (χ0v) is 15.2. The molecule has 0 aliphatic carbocycles. The number of nitrogens with one attached hydrogen (secondary N) is 1. The minimum Gasteiger partial charge on any atom is -0.495 e. The van der Waals surface area contributed by atoms with Crippen LogP contribution < -0.4 is 14.8 Å². The Bertz CT molecular complexity index is 618. The lowest BCUT2D eigenvalue weighted by atomic mass is 10.0. The molecule has 1 aromatic heterocycles. The highest BCUT2D eigenvalue weighted by Gasteiger charge is 2.23. The summed E-state index contributed by atoms with van der Waals surface area (Å²) >= 11 is 11.5. The third-order valence-electron chi connectivity index (χ3n) is 3.14. The highest BCUT2D eigenvalue weighted by molar-refractivity contribution is 9.10. The first-order chi connectivity index (χ1) is 10.1. The first-order valence-electron chi connectivity index (χ1n) is 6.50. The summed E-state index contributed by atoms with van der Waals surface area (Å²) in [5.41, 5.74) is 1.02. The van der Waals surface area contributed by atoms with E-state index in [2.05, 4.69) is 28.2 Å². The Morgan fingerprint density at radius 2 is 2.05 bits per heavy atom. The molecule has 0 aliphatic heterocycles. The Morgan fingerprint density at radius 3 is 2.57 bits per heavy atom. The average molecular weight is 391 g/mol. The van der Waals surface area contributed by atoms with Crippen LogP contribution >= 0.6 is 38.9 Å². The standard InChI is InChI=1S/C15H17BrClNO2S/c1-4-18-13(15-10(17)7-8-21-15)9-5-6-11(19-2)12(16)14(9)20-3/h5-8,13,18H,4H2,1-3H3. The Balaban J connectivity index is 2.55. The summed E-state index contributed by atoms with van der Waals surface area (Å²) in [7, 11) is 3.29. The topological polar surface area (TPSA) is 30.5 Å². The van der Waals surface area contributed by atoms with Gasteiger partial charge in [0.25, 0.3) is 0 Å². The van der Waals surface area contributed by atoms with Gasteiger partial charge in [-0.05, 0) is 46.1 Å². The van der Waals surface area contributed by atoms with E-state index in [-0.39, 0.29) is 6.04 Å². The molecule has 1 unspecified atom stereocenters. The van der Waals surface area contributed by atoms with Gasteiger partial charge in [-0.15, -0.1) is 11.3 Å². The summed E-state index contributed by atoms with van der Waals surface area (Å²) in [6, 6.07) is 5.83. The first-order valence-corrected chi connectivity index (χ1v) is 8.55. The SMILES string of the molecule is CCNC(c1ccc(OC)c(Br)c1OC)c1sccc1Cl. The number of methoxy groups -OCH3 is 2. The number of halogens is 2. The van der Waals surface area contributed by atoms with Gasteiger partial charge >= 0.3 is 0 Å².